The molecule has 114 valence electrons. The molecule has 0 atom stereocenters. The van der Waals surface area contributed by atoms with Crippen molar-refractivity contribution in [2.75, 3.05) is 32.8 Å². The molecule has 1 fully saturated rings. The van der Waals surface area contributed by atoms with Gasteiger partial charge in [0, 0.05) is 32.2 Å². The van der Waals surface area contributed by atoms with Gasteiger partial charge in [-0.05, 0) is 22.0 Å². The van der Waals surface area contributed by atoms with Gasteiger partial charge in [-0.3, -0.25) is 4.90 Å². The first-order valence-corrected chi connectivity index (χ1v) is 8.22. The maximum Gasteiger partial charge on any atom is 0.139 e. The van der Waals surface area contributed by atoms with E-state index in [1.807, 2.05) is 0 Å². The number of halogens is 3. The Morgan fingerprint density at radius 2 is 2.05 bits per heavy atom. The number of benzene rings is 1. The second kappa shape index (κ2) is 6.60. The minimum Gasteiger partial charge on any atom is -0.379 e. The quantitative estimate of drug-likeness (QED) is 0.769. The summed E-state index contributed by atoms with van der Waals surface area (Å²) in [7, 11) is 0. The van der Waals surface area contributed by atoms with Crippen LogP contribution in [-0.2, 0) is 17.2 Å². The summed E-state index contributed by atoms with van der Waals surface area (Å²) in [6.45, 7) is 5.15. The predicted octanol–water partition coefficient (Wildman–Crippen LogP) is 3.01. The van der Waals surface area contributed by atoms with E-state index in [9.17, 15) is 4.39 Å². The van der Waals surface area contributed by atoms with Crippen LogP contribution in [0.3, 0.4) is 0 Å². The highest BCUT2D eigenvalue weighted by Gasteiger charge is 2.15. The second-order valence-corrected chi connectivity index (χ2v) is 6.14. The van der Waals surface area contributed by atoms with Gasteiger partial charge in [-0.1, -0.05) is 0 Å². The molecule has 0 radical (unpaired) electrons. The van der Waals surface area contributed by atoms with Crippen molar-refractivity contribution in [2.24, 2.45) is 0 Å². The van der Waals surface area contributed by atoms with Crippen molar-refractivity contribution in [2.45, 2.75) is 12.4 Å². The third-order valence-corrected chi connectivity index (χ3v) is 4.58. The highest BCUT2D eigenvalue weighted by molar-refractivity contribution is 9.10. The molecule has 0 saturated carbocycles. The molecule has 2 heterocycles. The monoisotopic (exact) mass is 375 g/mol. The van der Waals surface area contributed by atoms with E-state index in [1.54, 1.807) is 6.07 Å². The molecular formula is C14H16BrClFN3O. The number of morpholine rings is 1. The van der Waals surface area contributed by atoms with Gasteiger partial charge in [0.25, 0.3) is 0 Å². The number of nitrogens with zero attached hydrogens (tertiary/aromatic N) is 3. The van der Waals surface area contributed by atoms with Crippen LogP contribution in [0.4, 0.5) is 4.39 Å². The summed E-state index contributed by atoms with van der Waals surface area (Å²) in [6.07, 6.45) is 0. The number of aromatic nitrogens is 2. The first-order valence-electron chi connectivity index (χ1n) is 6.89. The highest BCUT2D eigenvalue weighted by atomic mass is 79.9. The fourth-order valence-corrected chi connectivity index (χ4v) is 3.12. The third kappa shape index (κ3) is 3.23. The molecule has 2 aromatic rings. The zero-order valence-corrected chi connectivity index (χ0v) is 13.8. The molecule has 1 aliphatic heterocycles. The molecule has 1 aromatic heterocycles. The molecule has 21 heavy (non-hydrogen) atoms. The smallest absolute Gasteiger partial charge is 0.139 e. The van der Waals surface area contributed by atoms with E-state index in [0.717, 1.165) is 50.7 Å². The van der Waals surface area contributed by atoms with Crippen LogP contribution in [0.25, 0.3) is 11.0 Å². The molecule has 1 aromatic carbocycles. The van der Waals surface area contributed by atoms with E-state index < -0.39 is 0 Å². The second-order valence-electron chi connectivity index (χ2n) is 5.02. The molecule has 0 amide bonds. The van der Waals surface area contributed by atoms with Gasteiger partial charge in [-0.15, -0.1) is 11.6 Å². The van der Waals surface area contributed by atoms with E-state index in [-0.39, 0.29) is 5.82 Å². The van der Waals surface area contributed by atoms with Gasteiger partial charge in [0.2, 0.25) is 0 Å². The van der Waals surface area contributed by atoms with Crippen molar-refractivity contribution in [3.05, 3.63) is 28.2 Å². The molecule has 1 saturated heterocycles. The number of hydrogen-bond donors (Lipinski definition) is 0. The van der Waals surface area contributed by atoms with Gasteiger partial charge in [-0.25, -0.2) is 9.37 Å². The molecule has 7 heteroatoms. The van der Waals surface area contributed by atoms with Gasteiger partial charge in [0.05, 0.1) is 34.6 Å². The first-order chi connectivity index (χ1) is 10.2. The number of ether oxygens (including phenoxy) is 1. The summed E-state index contributed by atoms with van der Waals surface area (Å²) in [5.74, 6) is 0.788. The average molecular weight is 377 g/mol. The van der Waals surface area contributed by atoms with Crippen LogP contribution in [-0.4, -0.2) is 47.3 Å². The molecule has 4 nitrogen and oxygen atoms in total. The van der Waals surface area contributed by atoms with Crippen molar-refractivity contribution < 1.29 is 9.13 Å². The fraction of sp³-hybridized carbons (Fsp3) is 0.500. The lowest BCUT2D eigenvalue weighted by Gasteiger charge is -2.26. The molecule has 0 bridgehead atoms. The van der Waals surface area contributed by atoms with Crippen molar-refractivity contribution in [3.63, 3.8) is 0 Å². The summed E-state index contributed by atoms with van der Waals surface area (Å²) in [6, 6.07) is 3.22. The van der Waals surface area contributed by atoms with Crippen molar-refractivity contribution >= 4 is 38.6 Å². The lowest BCUT2D eigenvalue weighted by atomic mass is 10.3. The number of rotatable bonds is 4. The Labute approximate surface area is 136 Å². The third-order valence-electron chi connectivity index (χ3n) is 3.73. The zero-order valence-electron chi connectivity index (χ0n) is 11.5. The highest BCUT2D eigenvalue weighted by Crippen LogP contribution is 2.25. The van der Waals surface area contributed by atoms with Gasteiger partial charge in [0.15, 0.2) is 0 Å². The lowest BCUT2D eigenvalue weighted by molar-refractivity contribution is 0.0364. The van der Waals surface area contributed by atoms with E-state index in [2.05, 4.69) is 30.4 Å². The van der Waals surface area contributed by atoms with Gasteiger partial charge in [0.1, 0.15) is 11.6 Å². The lowest BCUT2D eigenvalue weighted by Crippen LogP contribution is -2.38. The standard InChI is InChI=1S/C14H16BrClFN3O/c15-10-7-13-12(8-11(10)17)18-14(9-16)20(13)2-1-19-3-5-21-6-4-19/h7-8H,1-6,9H2. The van der Waals surface area contributed by atoms with Gasteiger partial charge < -0.3 is 9.30 Å². The number of alkyl halides is 1. The van der Waals surface area contributed by atoms with E-state index in [0.29, 0.717) is 15.9 Å². The van der Waals surface area contributed by atoms with Gasteiger partial charge >= 0.3 is 0 Å². The average Bonchev–Trinajstić information content (AvgIpc) is 2.83. The van der Waals surface area contributed by atoms with Crippen LogP contribution in [0.1, 0.15) is 5.82 Å². The molecule has 0 aliphatic carbocycles. The Morgan fingerprint density at radius 1 is 1.29 bits per heavy atom. The van der Waals surface area contributed by atoms with Crippen molar-refractivity contribution in [1.29, 1.82) is 0 Å². The van der Waals surface area contributed by atoms with Crippen LogP contribution in [0.5, 0.6) is 0 Å². The van der Waals surface area contributed by atoms with Crippen LogP contribution in [0, 0.1) is 5.82 Å². The molecule has 0 N–H and O–H groups in total. The Kier molecular flexibility index (Phi) is 4.78. The Bertz CT molecular complexity index is 643. The fourth-order valence-electron chi connectivity index (χ4n) is 2.59. The van der Waals surface area contributed by atoms with E-state index in [1.165, 1.54) is 6.07 Å². The van der Waals surface area contributed by atoms with Crippen LogP contribution in [0.15, 0.2) is 16.6 Å². The summed E-state index contributed by atoms with van der Waals surface area (Å²) in [4.78, 5) is 6.78. The SMILES string of the molecule is Fc1cc2nc(CCl)n(CCN3CCOCC3)c2cc1Br. The maximum atomic E-state index is 13.6. The summed E-state index contributed by atoms with van der Waals surface area (Å²) < 4.78 is 21.5. The van der Waals surface area contributed by atoms with Crippen LogP contribution >= 0.6 is 27.5 Å². The minimum absolute atomic E-state index is 0.304. The summed E-state index contributed by atoms with van der Waals surface area (Å²) in [5, 5.41) is 0. The predicted molar refractivity (Wildman–Crippen MR) is 84.2 cm³/mol. The topological polar surface area (TPSA) is 30.3 Å². The largest absolute Gasteiger partial charge is 0.379 e. The number of hydrogen-bond acceptors (Lipinski definition) is 3. The van der Waals surface area contributed by atoms with Crippen LogP contribution < -0.4 is 0 Å². The molecule has 0 spiro atoms. The normalized spacial score (nSPS) is 16.7. The number of imidazole rings is 1. The van der Waals surface area contributed by atoms with Crippen molar-refractivity contribution in [1.82, 2.24) is 14.5 Å². The molecular weight excluding hydrogens is 361 g/mol. The van der Waals surface area contributed by atoms with E-state index in [4.69, 9.17) is 16.3 Å². The Balaban J connectivity index is 1.86. The molecule has 3 rings (SSSR count). The Hall–Kier alpha value is -0.690. The van der Waals surface area contributed by atoms with Crippen LogP contribution in [0.2, 0.25) is 0 Å². The zero-order chi connectivity index (χ0) is 14.8. The van der Waals surface area contributed by atoms with Gasteiger partial charge in [-0.2, -0.15) is 0 Å². The summed E-state index contributed by atoms with van der Waals surface area (Å²) in [5.41, 5.74) is 1.56. The number of fused-ring (bicyclic) bond motifs is 1. The minimum atomic E-state index is -0.304. The Morgan fingerprint density at radius 3 is 2.76 bits per heavy atom. The summed E-state index contributed by atoms with van der Waals surface area (Å²) >= 11 is 9.22. The van der Waals surface area contributed by atoms with Crippen molar-refractivity contribution in [3.8, 4) is 0 Å². The van der Waals surface area contributed by atoms with E-state index >= 15 is 0 Å². The maximum absolute atomic E-state index is 13.6. The molecule has 1 aliphatic rings. The molecule has 0 unspecified atom stereocenters. The first kappa shape index (κ1) is 15.2.